The molecule has 5 heteroatoms. The largest absolute Gasteiger partial charge is 0.497 e. The first kappa shape index (κ1) is 17.0. The Balaban J connectivity index is 1.77. The van der Waals surface area contributed by atoms with Crippen LogP contribution in [0.3, 0.4) is 0 Å². The lowest BCUT2D eigenvalue weighted by atomic mass is 10.1. The summed E-state index contributed by atoms with van der Waals surface area (Å²) >= 11 is 5.15. The van der Waals surface area contributed by atoms with Crippen molar-refractivity contribution in [3.8, 4) is 5.75 Å². The van der Waals surface area contributed by atoms with Crippen LogP contribution in [-0.2, 0) is 17.8 Å². The van der Waals surface area contributed by atoms with Crippen molar-refractivity contribution in [3.63, 3.8) is 0 Å². The fraction of sp³-hybridized carbons (Fsp3) is 0.222. The maximum absolute atomic E-state index is 12.0. The second-order valence-corrected chi connectivity index (χ2v) is 5.65. The maximum Gasteiger partial charge on any atom is 0.230 e. The van der Waals surface area contributed by atoms with E-state index in [9.17, 15) is 4.79 Å². The molecule has 0 saturated carbocycles. The second kappa shape index (κ2) is 8.29. The van der Waals surface area contributed by atoms with Crippen molar-refractivity contribution in [1.82, 2.24) is 10.6 Å². The van der Waals surface area contributed by atoms with E-state index in [-0.39, 0.29) is 12.3 Å². The average molecular weight is 328 g/mol. The summed E-state index contributed by atoms with van der Waals surface area (Å²) in [7, 11) is 1.61. The van der Waals surface area contributed by atoms with Gasteiger partial charge in [-0.25, -0.2) is 0 Å². The molecule has 2 N–H and O–H groups in total. The van der Waals surface area contributed by atoms with Crippen molar-refractivity contribution in [2.45, 2.75) is 19.9 Å². The van der Waals surface area contributed by atoms with Gasteiger partial charge in [0.25, 0.3) is 0 Å². The van der Waals surface area contributed by atoms with Crippen LogP contribution < -0.4 is 15.4 Å². The molecule has 1 amide bonds. The van der Waals surface area contributed by atoms with Gasteiger partial charge in [0.05, 0.1) is 13.5 Å². The summed E-state index contributed by atoms with van der Waals surface area (Å²) in [6.45, 7) is 2.63. The molecule has 0 aromatic heterocycles. The van der Waals surface area contributed by atoms with Crippen LogP contribution in [0.4, 0.5) is 0 Å². The molecule has 0 atom stereocenters. The zero-order valence-electron chi connectivity index (χ0n) is 13.3. The molecule has 120 valence electrons. The Morgan fingerprint density at radius 3 is 2.26 bits per heavy atom. The van der Waals surface area contributed by atoms with Gasteiger partial charge >= 0.3 is 0 Å². The predicted octanol–water partition coefficient (Wildman–Crippen LogP) is 2.74. The minimum atomic E-state index is -0.142. The number of rotatable bonds is 5. The molecule has 2 rings (SSSR count). The molecule has 0 fully saturated rings. The number of nitrogens with one attached hydrogen (secondary N) is 2. The second-order valence-electron chi connectivity index (χ2n) is 5.24. The molecule has 0 bridgehead atoms. The number of hydrogen-bond donors (Lipinski definition) is 2. The molecule has 0 aliphatic rings. The Labute approximate surface area is 141 Å². The Kier molecular flexibility index (Phi) is 6.11. The minimum Gasteiger partial charge on any atom is -0.497 e. The van der Waals surface area contributed by atoms with Crippen LogP contribution in [0, 0.1) is 6.92 Å². The van der Waals surface area contributed by atoms with Gasteiger partial charge in [-0.15, -0.1) is 0 Å². The molecule has 0 radical (unpaired) electrons. The molecule has 2 aromatic carbocycles. The summed E-state index contributed by atoms with van der Waals surface area (Å²) in [6, 6.07) is 15.5. The fourth-order valence-electron chi connectivity index (χ4n) is 2.03. The average Bonchev–Trinajstić information content (AvgIpc) is 2.55. The maximum atomic E-state index is 12.0. The van der Waals surface area contributed by atoms with Crippen LogP contribution in [0.15, 0.2) is 48.5 Å². The van der Waals surface area contributed by atoms with Crippen molar-refractivity contribution in [2.75, 3.05) is 7.11 Å². The number of carbonyl (C=O) groups is 1. The Bertz CT molecular complexity index is 666. The Morgan fingerprint density at radius 2 is 1.65 bits per heavy atom. The summed E-state index contributed by atoms with van der Waals surface area (Å²) < 4.78 is 5.09. The number of ether oxygens (including phenoxy) is 1. The topological polar surface area (TPSA) is 50.4 Å². The van der Waals surface area contributed by atoms with E-state index in [1.165, 1.54) is 5.56 Å². The smallest absolute Gasteiger partial charge is 0.230 e. The third-order valence-corrected chi connectivity index (χ3v) is 3.60. The first-order chi connectivity index (χ1) is 11.1. The van der Waals surface area contributed by atoms with Gasteiger partial charge in [0.2, 0.25) is 5.91 Å². The highest BCUT2D eigenvalue weighted by atomic mass is 32.1. The van der Waals surface area contributed by atoms with Crippen LogP contribution >= 0.6 is 12.2 Å². The number of aryl methyl sites for hydroxylation is 1. The summed E-state index contributed by atoms with van der Waals surface area (Å²) in [4.78, 5) is 12.0. The third-order valence-electron chi connectivity index (χ3n) is 3.35. The molecular formula is C18H20N2O2S. The highest BCUT2D eigenvalue weighted by molar-refractivity contribution is 7.80. The molecule has 0 spiro atoms. The summed E-state index contributed by atoms with van der Waals surface area (Å²) in [6.07, 6.45) is 0.274. The molecule has 23 heavy (non-hydrogen) atoms. The molecule has 0 saturated heterocycles. The van der Waals surface area contributed by atoms with Crippen molar-refractivity contribution in [1.29, 1.82) is 0 Å². The van der Waals surface area contributed by atoms with Crippen molar-refractivity contribution < 1.29 is 9.53 Å². The first-order valence-corrected chi connectivity index (χ1v) is 7.74. The van der Waals surface area contributed by atoms with Crippen LogP contribution in [0.25, 0.3) is 0 Å². The van der Waals surface area contributed by atoms with Gasteiger partial charge in [-0.05, 0) is 42.4 Å². The molecular weight excluding hydrogens is 308 g/mol. The standard InChI is InChI=1S/C18H20N2O2S/c1-13-3-5-15(6-4-13)12-19-18(23)20-17(21)11-14-7-9-16(22-2)10-8-14/h3-10H,11-12H2,1-2H3,(H2,19,20,21,23). The number of amides is 1. The van der Waals surface area contributed by atoms with Crippen molar-refractivity contribution in [3.05, 3.63) is 65.2 Å². The quantitative estimate of drug-likeness (QED) is 0.829. The highest BCUT2D eigenvalue weighted by Crippen LogP contribution is 2.11. The molecule has 4 nitrogen and oxygen atoms in total. The monoisotopic (exact) mass is 328 g/mol. The van der Waals surface area contributed by atoms with Crippen molar-refractivity contribution >= 4 is 23.2 Å². The van der Waals surface area contributed by atoms with Crippen LogP contribution in [-0.4, -0.2) is 18.1 Å². The highest BCUT2D eigenvalue weighted by Gasteiger charge is 2.06. The van der Waals surface area contributed by atoms with Gasteiger partial charge in [-0.3, -0.25) is 4.79 Å². The van der Waals surface area contributed by atoms with E-state index in [4.69, 9.17) is 17.0 Å². The summed E-state index contributed by atoms with van der Waals surface area (Å²) in [5, 5.41) is 6.06. The van der Waals surface area contributed by atoms with Crippen molar-refractivity contribution in [2.24, 2.45) is 0 Å². The molecule has 0 heterocycles. The summed E-state index contributed by atoms with van der Waals surface area (Å²) in [5.41, 5.74) is 3.23. The fourth-order valence-corrected chi connectivity index (χ4v) is 2.22. The Hall–Kier alpha value is -2.40. The van der Waals surface area contributed by atoms with Gasteiger partial charge in [0.15, 0.2) is 5.11 Å². The Morgan fingerprint density at radius 1 is 1.04 bits per heavy atom. The van der Waals surface area contributed by atoms with Gasteiger partial charge in [-0.1, -0.05) is 42.0 Å². The summed E-state index contributed by atoms with van der Waals surface area (Å²) in [5.74, 6) is 0.626. The van der Waals surface area contributed by atoms with Gasteiger partial charge in [-0.2, -0.15) is 0 Å². The number of hydrogen-bond acceptors (Lipinski definition) is 3. The normalized spacial score (nSPS) is 10.0. The number of carbonyl (C=O) groups excluding carboxylic acids is 1. The molecule has 2 aromatic rings. The van der Waals surface area contributed by atoms with Crippen LogP contribution in [0.5, 0.6) is 5.75 Å². The van der Waals surface area contributed by atoms with Crippen LogP contribution in [0.2, 0.25) is 0 Å². The van der Waals surface area contributed by atoms with Gasteiger partial charge in [0, 0.05) is 6.54 Å². The molecule has 0 unspecified atom stereocenters. The van der Waals surface area contributed by atoms with Crippen LogP contribution in [0.1, 0.15) is 16.7 Å². The first-order valence-electron chi connectivity index (χ1n) is 7.33. The molecule has 0 aliphatic heterocycles. The van der Waals surface area contributed by atoms with Gasteiger partial charge < -0.3 is 15.4 Å². The zero-order chi connectivity index (χ0) is 16.7. The molecule has 0 aliphatic carbocycles. The lowest BCUT2D eigenvalue weighted by Crippen LogP contribution is -2.39. The zero-order valence-corrected chi connectivity index (χ0v) is 14.1. The minimum absolute atomic E-state index is 0.142. The lowest BCUT2D eigenvalue weighted by molar-refractivity contribution is -0.119. The van der Waals surface area contributed by atoms with E-state index in [1.807, 2.05) is 55.5 Å². The van der Waals surface area contributed by atoms with Gasteiger partial charge in [0.1, 0.15) is 5.75 Å². The van der Waals surface area contributed by atoms with E-state index >= 15 is 0 Å². The SMILES string of the molecule is COc1ccc(CC(=O)NC(=S)NCc2ccc(C)cc2)cc1. The number of thiocarbonyl (C=S) groups is 1. The lowest BCUT2D eigenvalue weighted by Gasteiger charge is -2.10. The third kappa shape index (κ3) is 5.71. The number of methoxy groups -OCH3 is 1. The van der Waals surface area contributed by atoms with E-state index in [0.717, 1.165) is 16.9 Å². The van der Waals surface area contributed by atoms with E-state index in [2.05, 4.69) is 10.6 Å². The number of benzene rings is 2. The van der Waals surface area contributed by atoms with E-state index in [0.29, 0.717) is 11.7 Å². The van der Waals surface area contributed by atoms with E-state index < -0.39 is 0 Å². The van der Waals surface area contributed by atoms with E-state index in [1.54, 1.807) is 7.11 Å². The predicted molar refractivity (Wildman–Crippen MR) is 95.5 cm³/mol.